The third kappa shape index (κ3) is 3.89. The first-order valence-electron chi connectivity index (χ1n) is 14.2. The molecule has 1 saturated heterocycles. The maximum absolute atomic E-state index is 5.19. The van der Waals surface area contributed by atoms with Crippen LogP contribution < -0.4 is 4.90 Å². The van der Waals surface area contributed by atoms with Crippen LogP contribution in [0.25, 0.3) is 55.0 Å². The van der Waals surface area contributed by atoms with Crippen LogP contribution in [0.2, 0.25) is 0 Å². The monoisotopic (exact) mass is 519 g/mol. The number of hydrogen-bond acceptors (Lipinski definition) is 5. The third-order valence-corrected chi connectivity index (χ3v) is 8.24. The molecule has 6 aromatic rings. The van der Waals surface area contributed by atoms with E-state index in [0.29, 0.717) is 0 Å². The molecule has 2 aliphatic heterocycles. The number of nitrogens with zero attached hydrogens (tertiary/aromatic N) is 5. The molecular formula is C35H29N5. The summed E-state index contributed by atoms with van der Waals surface area (Å²) in [6.07, 6.45) is 2.24. The second kappa shape index (κ2) is 9.45. The zero-order valence-corrected chi connectivity index (χ0v) is 22.3. The fourth-order valence-electron chi connectivity index (χ4n) is 6.21. The Bertz CT molecular complexity index is 1920. The average molecular weight is 520 g/mol. The number of aliphatic imine (C=N–C) groups is 1. The molecule has 0 radical (unpaired) electrons. The van der Waals surface area contributed by atoms with Crippen molar-refractivity contribution >= 4 is 44.4 Å². The summed E-state index contributed by atoms with van der Waals surface area (Å²) in [6, 6.07) is 36.7. The number of benzene rings is 4. The Balaban J connectivity index is 1.19. The van der Waals surface area contributed by atoms with Crippen LogP contribution in [0, 0.1) is 0 Å². The summed E-state index contributed by atoms with van der Waals surface area (Å²) in [5.41, 5.74) is 6.39. The maximum Gasteiger partial charge on any atom is 0.202 e. The van der Waals surface area contributed by atoms with Gasteiger partial charge in [0.2, 0.25) is 5.96 Å². The van der Waals surface area contributed by atoms with Gasteiger partial charge in [0.15, 0.2) is 0 Å². The summed E-state index contributed by atoms with van der Waals surface area (Å²) in [4.78, 5) is 19.9. The van der Waals surface area contributed by atoms with E-state index in [2.05, 4.69) is 113 Å². The summed E-state index contributed by atoms with van der Waals surface area (Å²) in [5.74, 6) is 2.03. The number of hydrogen-bond donors (Lipinski definition) is 0. The highest BCUT2D eigenvalue weighted by Gasteiger charge is 2.27. The maximum atomic E-state index is 5.19. The van der Waals surface area contributed by atoms with Gasteiger partial charge in [0.25, 0.3) is 0 Å². The van der Waals surface area contributed by atoms with Crippen LogP contribution >= 0.6 is 0 Å². The Morgan fingerprint density at radius 3 is 2.17 bits per heavy atom. The quantitative estimate of drug-likeness (QED) is 0.227. The second-order valence-corrected chi connectivity index (χ2v) is 10.7. The molecule has 5 heteroatoms. The third-order valence-electron chi connectivity index (χ3n) is 8.24. The zero-order chi connectivity index (χ0) is 26.5. The van der Waals surface area contributed by atoms with Crippen molar-refractivity contribution in [2.75, 3.05) is 31.1 Å². The standard InChI is InChI=1S/C35H29N5/c1-2-8-29-24(6-1)7-3-9-30(29)25-10-12-26(13-11-25)31-18-16-27-14-15-28-17-19-32(38-34(28)33(27)37-31)40-23-5-22-39-21-4-20-36-35(39)40/h1-3,6-19H,4-5,20-23H2. The van der Waals surface area contributed by atoms with Gasteiger partial charge in [0, 0.05) is 42.5 Å². The van der Waals surface area contributed by atoms with E-state index >= 15 is 0 Å². The Morgan fingerprint density at radius 1 is 0.550 bits per heavy atom. The van der Waals surface area contributed by atoms with Crippen molar-refractivity contribution in [3.05, 3.63) is 103 Å². The lowest BCUT2D eigenvalue weighted by Gasteiger charge is -2.40. The minimum atomic E-state index is 0.892. The SMILES string of the molecule is c1ccc2c(-c3ccc(-c4ccc5ccc6ccc(N7CCCN8CCCN=C87)nc6c5n4)cc3)cccc2c1. The van der Waals surface area contributed by atoms with Gasteiger partial charge in [-0.1, -0.05) is 84.9 Å². The van der Waals surface area contributed by atoms with E-state index in [1.54, 1.807) is 0 Å². The Labute approximate surface area is 233 Å². The Morgan fingerprint density at radius 2 is 1.27 bits per heavy atom. The van der Waals surface area contributed by atoms with E-state index in [-0.39, 0.29) is 0 Å². The largest absolute Gasteiger partial charge is 0.342 e. The number of fused-ring (bicyclic) bond motifs is 5. The first kappa shape index (κ1) is 23.1. The fourth-order valence-corrected chi connectivity index (χ4v) is 6.21. The molecule has 0 atom stereocenters. The molecule has 8 rings (SSSR count). The normalized spacial score (nSPS) is 15.4. The van der Waals surface area contributed by atoms with Crippen molar-refractivity contribution in [3.8, 4) is 22.4 Å². The zero-order valence-electron chi connectivity index (χ0n) is 22.3. The molecule has 0 amide bonds. The van der Waals surface area contributed by atoms with Gasteiger partial charge in [-0.2, -0.15) is 0 Å². The van der Waals surface area contributed by atoms with Crippen LogP contribution in [0.3, 0.4) is 0 Å². The number of aromatic nitrogens is 2. The molecule has 0 spiro atoms. The van der Waals surface area contributed by atoms with Gasteiger partial charge in [-0.3, -0.25) is 9.89 Å². The molecule has 0 aliphatic carbocycles. The van der Waals surface area contributed by atoms with Crippen molar-refractivity contribution < 1.29 is 0 Å². The summed E-state index contributed by atoms with van der Waals surface area (Å²) in [5, 5.41) is 4.73. The molecule has 40 heavy (non-hydrogen) atoms. The van der Waals surface area contributed by atoms with Gasteiger partial charge < -0.3 is 4.90 Å². The van der Waals surface area contributed by atoms with E-state index in [0.717, 1.165) is 83.9 Å². The highest BCUT2D eigenvalue weighted by atomic mass is 15.4. The van der Waals surface area contributed by atoms with E-state index in [9.17, 15) is 0 Å². The molecule has 2 aliphatic rings. The predicted molar refractivity (Wildman–Crippen MR) is 166 cm³/mol. The average Bonchev–Trinajstić information content (AvgIpc) is 3.04. The Kier molecular flexibility index (Phi) is 5.47. The van der Waals surface area contributed by atoms with Crippen molar-refractivity contribution in [1.29, 1.82) is 0 Å². The number of anilines is 1. The predicted octanol–water partition coefficient (Wildman–Crippen LogP) is 7.54. The molecule has 0 saturated carbocycles. The lowest BCUT2D eigenvalue weighted by Crippen LogP contribution is -2.52. The lowest BCUT2D eigenvalue weighted by molar-refractivity contribution is 0.359. The number of pyridine rings is 2. The first-order chi connectivity index (χ1) is 19.8. The van der Waals surface area contributed by atoms with Gasteiger partial charge in [-0.15, -0.1) is 0 Å². The smallest absolute Gasteiger partial charge is 0.202 e. The van der Waals surface area contributed by atoms with Crippen molar-refractivity contribution in [3.63, 3.8) is 0 Å². The van der Waals surface area contributed by atoms with Crippen LogP contribution in [-0.4, -0.2) is 47.0 Å². The second-order valence-electron chi connectivity index (χ2n) is 10.7. The van der Waals surface area contributed by atoms with Crippen LogP contribution in [0.15, 0.2) is 108 Å². The first-order valence-corrected chi connectivity index (χ1v) is 14.2. The minimum absolute atomic E-state index is 0.892. The molecule has 194 valence electrons. The van der Waals surface area contributed by atoms with Crippen LogP contribution in [0.5, 0.6) is 0 Å². The lowest BCUT2D eigenvalue weighted by atomic mass is 9.97. The molecule has 0 bridgehead atoms. The van der Waals surface area contributed by atoms with E-state index in [4.69, 9.17) is 15.0 Å². The highest BCUT2D eigenvalue weighted by molar-refractivity contribution is 6.05. The van der Waals surface area contributed by atoms with Crippen molar-refractivity contribution in [2.45, 2.75) is 12.8 Å². The molecule has 2 aromatic heterocycles. The topological polar surface area (TPSA) is 44.6 Å². The number of guanidine groups is 1. The van der Waals surface area contributed by atoms with Gasteiger partial charge in [0.1, 0.15) is 5.82 Å². The van der Waals surface area contributed by atoms with Crippen molar-refractivity contribution in [2.24, 2.45) is 4.99 Å². The summed E-state index contributed by atoms with van der Waals surface area (Å²) >= 11 is 0. The van der Waals surface area contributed by atoms with Crippen LogP contribution in [0.4, 0.5) is 5.82 Å². The molecule has 0 N–H and O–H groups in total. The molecule has 5 nitrogen and oxygen atoms in total. The molecule has 1 fully saturated rings. The van der Waals surface area contributed by atoms with E-state index < -0.39 is 0 Å². The minimum Gasteiger partial charge on any atom is -0.342 e. The van der Waals surface area contributed by atoms with E-state index in [1.807, 2.05) is 0 Å². The summed E-state index contributed by atoms with van der Waals surface area (Å²) in [7, 11) is 0. The van der Waals surface area contributed by atoms with Gasteiger partial charge >= 0.3 is 0 Å². The Hall–Kier alpha value is -4.77. The number of rotatable bonds is 3. The van der Waals surface area contributed by atoms with Crippen LogP contribution in [0.1, 0.15) is 12.8 Å². The van der Waals surface area contributed by atoms with Gasteiger partial charge in [0.05, 0.1) is 16.7 Å². The van der Waals surface area contributed by atoms with Gasteiger partial charge in [-0.25, -0.2) is 9.97 Å². The van der Waals surface area contributed by atoms with Crippen molar-refractivity contribution in [1.82, 2.24) is 14.9 Å². The molecule has 4 heterocycles. The fraction of sp³-hybridized carbons (Fsp3) is 0.171. The molecular weight excluding hydrogens is 490 g/mol. The van der Waals surface area contributed by atoms with Gasteiger partial charge in [-0.05, 0) is 52.9 Å². The summed E-state index contributed by atoms with van der Waals surface area (Å²) < 4.78 is 0. The molecule has 4 aromatic carbocycles. The van der Waals surface area contributed by atoms with Crippen LogP contribution in [-0.2, 0) is 0 Å². The van der Waals surface area contributed by atoms with E-state index in [1.165, 1.54) is 21.9 Å². The molecule has 0 unspecified atom stereocenters. The summed E-state index contributed by atoms with van der Waals surface area (Å²) in [6.45, 7) is 4.00. The highest BCUT2D eigenvalue weighted by Crippen LogP contribution is 2.32.